The van der Waals surface area contributed by atoms with Gasteiger partial charge in [0.1, 0.15) is 11.4 Å². The molecule has 1 aliphatic heterocycles. The van der Waals surface area contributed by atoms with Gasteiger partial charge >= 0.3 is 5.69 Å². The average molecular weight is 494 g/mol. The molecule has 9 nitrogen and oxygen atoms in total. The second-order valence-corrected chi connectivity index (χ2v) is 9.74. The molecule has 1 aromatic heterocycles. The molecular weight excluding hydrogens is 466 g/mol. The van der Waals surface area contributed by atoms with Gasteiger partial charge in [0.05, 0.1) is 11.5 Å². The van der Waals surface area contributed by atoms with Gasteiger partial charge in [0, 0.05) is 41.4 Å². The Hall–Kier alpha value is -3.66. The van der Waals surface area contributed by atoms with E-state index in [1.165, 1.54) is 0 Å². The number of aromatic nitrogens is 2. The number of thioether (sulfide) groups is 1. The zero-order valence-corrected chi connectivity index (χ0v) is 20.7. The first-order chi connectivity index (χ1) is 16.7. The molecule has 0 saturated carbocycles. The van der Waals surface area contributed by atoms with Gasteiger partial charge in [0.2, 0.25) is 0 Å². The first-order valence-corrected chi connectivity index (χ1v) is 12.5. The van der Waals surface area contributed by atoms with Crippen LogP contribution in [0.4, 0.5) is 11.4 Å². The highest BCUT2D eigenvalue weighted by Crippen LogP contribution is 2.23. The van der Waals surface area contributed by atoms with Gasteiger partial charge in [0.15, 0.2) is 0 Å². The van der Waals surface area contributed by atoms with E-state index in [1.54, 1.807) is 42.8 Å². The minimum absolute atomic E-state index is 0.0230. The molecule has 0 spiro atoms. The van der Waals surface area contributed by atoms with Gasteiger partial charge in [-0.2, -0.15) is 16.9 Å². The summed E-state index contributed by atoms with van der Waals surface area (Å²) in [6.07, 6.45) is 0. The summed E-state index contributed by atoms with van der Waals surface area (Å²) < 4.78 is 1.59. The van der Waals surface area contributed by atoms with E-state index in [2.05, 4.69) is 10.4 Å². The van der Waals surface area contributed by atoms with Crippen LogP contribution < -0.4 is 5.32 Å². The molecule has 35 heavy (non-hydrogen) atoms. The monoisotopic (exact) mass is 493 g/mol. The third-order valence-electron chi connectivity index (χ3n) is 6.09. The van der Waals surface area contributed by atoms with E-state index in [1.807, 2.05) is 41.8 Å². The van der Waals surface area contributed by atoms with Crippen molar-refractivity contribution < 1.29 is 14.5 Å². The van der Waals surface area contributed by atoms with Crippen LogP contribution in [0.1, 0.15) is 43.2 Å². The van der Waals surface area contributed by atoms with Crippen LogP contribution in [0.2, 0.25) is 0 Å². The first kappa shape index (κ1) is 24.5. The summed E-state index contributed by atoms with van der Waals surface area (Å²) in [4.78, 5) is 38.2. The highest BCUT2D eigenvalue weighted by molar-refractivity contribution is 7.99. The number of nitro groups is 1. The zero-order valence-electron chi connectivity index (χ0n) is 19.9. The maximum atomic E-state index is 12.8. The Labute approximate surface area is 207 Å². The molecule has 2 amide bonds. The molecule has 3 aromatic rings. The standard InChI is InChI=1S/C25H27N5O4S/c1-16-14-21(25(32)28-10-12-35-13-11-28)8-9-22(16)26-24(31)20-6-4-19(5-7-20)15-29-18(3)23(30(33)34)17(2)27-29/h4-9,14H,10-13,15H2,1-3H3,(H,26,31). The van der Waals surface area contributed by atoms with Crippen LogP contribution in [0, 0.1) is 30.9 Å². The van der Waals surface area contributed by atoms with Crippen LogP contribution in [0.15, 0.2) is 42.5 Å². The predicted octanol–water partition coefficient (Wildman–Crippen LogP) is 4.21. The van der Waals surface area contributed by atoms with E-state index in [0.29, 0.717) is 34.7 Å². The zero-order chi connectivity index (χ0) is 25.1. The largest absolute Gasteiger partial charge is 0.337 e. The molecule has 2 aromatic carbocycles. The van der Waals surface area contributed by atoms with Crippen LogP contribution in [0.25, 0.3) is 0 Å². The Morgan fingerprint density at radius 2 is 1.71 bits per heavy atom. The van der Waals surface area contributed by atoms with E-state index >= 15 is 0 Å². The third kappa shape index (κ3) is 5.37. The van der Waals surface area contributed by atoms with Crippen molar-refractivity contribution in [2.75, 3.05) is 29.9 Å². The highest BCUT2D eigenvalue weighted by Gasteiger charge is 2.22. The number of carbonyl (C=O) groups excluding carboxylic acids is 2. The van der Waals surface area contributed by atoms with E-state index in [4.69, 9.17) is 0 Å². The minimum Gasteiger partial charge on any atom is -0.337 e. The molecule has 4 rings (SSSR count). The molecule has 0 bridgehead atoms. The van der Waals surface area contributed by atoms with Crippen LogP contribution in [-0.4, -0.2) is 56.0 Å². The molecule has 10 heteroatoms. The van der Waals surface area contributed by atoms with Crippen molar-refractivity contribution >= 4 is 35.0 Å². The van der Waals surface area contributed by atoms with Gasteiger partial charge in [-0.05, 0) is 62.2 Å². The second-order valence-electron chi connectivity index (χ2n) is 8.52. The molecule has 2 heterocycles. The Kier molecular flexibility index (Phi) is 7.20. The Morgan fingerprint density at radius 1 is 1.06 bits per heavy atom. The summed E-state index contributed by atoms with van der Waals surface area (Å²) in [5, 5.41) is 18.4. The molecule has 0 unspecified atom stereocenters. The molecule has 1 saturated heterocycles. The fraction of sp³-hybridized carbons (Fsp3) is 0.320. The van der Waals surface area contributed by atoms with Gasteiger partial charge < -0.3 is 10.2 Å². The van der Waals surface area contributed by atoms with E-state index < -0.39 is 4.92 Å². The summed E-state index contributed by atoms with van der Waals surface area (Å²) in [5.41, 5.74) is 4.35. The number of nitrogens with one attached hydrogen (secondary N) is 1. The lowest BCUT2D eigenvalue weighted by Crippen LogP contribution is -2.37. The first-order valence-electron chi connectivity index (χ1n) is 11.3. The van der Waals surface area contributed by atoms with Crippen molar-refractivity contribution in [1.82, 2.24) is 14.7 Å². The second kappa shape index (κ2) is 10.3. The fourth-order valence-corrected chi connectivity index (χ4v) is 5.02. The number of hydrogen-bond acceptors (Lipinski definition) is 6. The number of carbonyl (C=O) groups is 2. The number of benzene rings is 2. The summed E-state index contributed by atoms with van der Waals surface area (Å²) in [6.45, 7) is 7.04. The van der Waals surface area contributed by atoms with Crippen LogP contribution in [0.5, 0.6) is 0 Å². The Morgan fingerprint density at radius 3 is 2.31 bits per heavy atom. The topological polar surface area (TPSA) is 110 Å². The third-order valence-corrected chi connectivity index (χ3v) is 7.04. The van der Waals surface area contributed by atoms with E-state index in [-0.39, 0.29) is 17.5 Å². The average Bonchev–Trinajstić information content (AvgIpc) is 3.13. The molecule has 1 N–H and O–H groups in total. The number of amides is 2. The van der Waals surface area contributed by atoms with Gasteiger partial charge in [0.25, 0.3) is 11.8 Å². The number of hydrogen-bond donors (Lipinski definition) is 1. The van der Waals surface area contributed by atoms with Gasteiger partial charge in [-0.3, -0.25) is 24.4 Å². The predicted molar refractivity (Wildman–Crippen MR) is 136 cm³/mol. The lowest BCUT2D eigenvalue weighted by Gasteiger charge is -2.26. The molecular formula is C25H27N5O4S. The molecule has 1 fully saturated rings. The van der Waals surface area contributed by atoms with E-state index in [0.717, 1.165) is 35.7 Å². The summed E-state index contributed by atoms with van der Waals surface area (Å²) >= 11 is 1.86. The summed E-state index contributed by atoms with van der Waals surface area (Å²) in [5.74, 6) is 1.68. The van der Waals surface area contributed by atoms with Crippen molar-refractivity contribution in [3.63, 3.8) is 0 Å². The van der Waals surface area contributed by atoms with Crippen LogP contribution >= 0.6 is 11.8 Å². The molecule has 0 atom stereocenters. The molecule has 182 valence electrons. The lowest BCUT2D eigenvalue weighted by molar-refractivity contribution is -0.386. The van der Waals surface area contributed by atoms with Crippen molar-refractivity contribution in [1.29, 1.82) is 0 Å². The number of nitrogens with zero attached hydrogens (tertiary/aromatic N) is 4. The maximum absolute atomic E-state index is 12.8. The maximum Gasteiger partial charge on any atom is 0.312 e. The quantitative estimate of drug-likeness (QED) is 0.407. The van der Waals surface area contributed by atoms with Gasteiger partial charge in [-0.1, -0.05) is 12.1 Å². The SMILES string of the molecule is Cc1cc(C(=O)N2CCSCC2)ccc1NC(=O)c1ccc(Cn2nc(C)c([N+](=O)[O-])c2C)cc1. The van der Waals surface area contributed by atoms with Crippen molar-refractivity contribution in [2.24, 2.45) is 0 Å². The van der Waals surface area contributed by atoms with Gasteiger partial charge in [-0.25, -0.2) is 0 Å². The number of aryl methyl sites for hydroxylation is 2. The normalized spacial score (nSPS) is 13.5. The van der Waals surface area contributed by atoms with Crippen LogP contribution in [-0.2, 0) is 6.54 Å². The van der Waals surface area contributed by atoms with Crippen molar-refractivity contribution in [3.8, 4) is 0 Å². The Balaban J connectivity index is 1.42. The molecule has 0 radical (unpaired) electrons. The van der Waals surface area contributed by atoms with Crippen molar-refractivity contribution in [2.45, 2.75) is 27.3 Å². The summed E-state index contributed by atoms with van der Waals surface area (Å²) in [7, 11) is 0. The fourth-order valence-electron chi connectivity index (χ4n) is 4.12. The lowest BCUT2D eigenvalue weighted by atomic mass is 10.1. The smallest absolute Gasteiger partial charge is 0.312 e. The van der Waals surface area contributed by atoms with Crippen molar-refractivity contribution in [3.05, 3.63) is 86.2 Å². The highest BCUT2D eigenvalue weighted by atomic mass is 32.2. The van der Waals surface area contributed by atoms with E-state index in [9.17, 15) is 19.7 Å². The molecule has 1 aliphatic rings. The Bertz CT molecular complexity index is 1280. The van der Waals surface area contributed by atoms with Gasteiger partial charge in [-0.15, -0.1) is 0 Å². The number of anilines is 1. The van der Waals surface area contributed by atoms with Crippen LogP contribution in [0.3, 0.4) is 0 Å². The number of rotatable bonds is 6. The molecule has 0 aliphatic carbocycles. The summed E-state index contributed by atoms with van der Waals surface area (Å²) in [6, 6.07) is 12.4. The minimum atomic E-state index is -0.418.